The maximum Gasteiger partial charge on any atom is 0.306 e. The van der Waals surface area contributed by atoms with Crippen molar-refractivity contribution in [3.8, 4) is 0 Å². The molecule has 0 aliphatic rings. The first-order valence-corrected chi connectivity index (χ1v) is 17.8. The summed E-state index contributed by atoms with van der Waals surface area (Å²) in [6, 6.07) is 0. The number of aliphatic carboxylic acids is 1. The number of carbonyl (C=O) groups is 3. The molecule has 0 saturated heterocycles. The van der Waals surface area contributed by atoms with E-state index in [1.165, 1.54) is 0 Å². The molecule has 45 heavy (non-hydrogen) atoms. The summed E-state index contributed by atoms with van der Waals surface area (Å²) in [4.78, 5) is 35.0. The molecule has 0 saturated carbocycles. The van der Waals surface area contributed by atoms with Gasteiger partial charge in [-0.25, -0.2) is 0 Å². The number of aliphatic hydroxyl groups is 3. The number of halogens is 1. The second-order valence-corrected chi connectivity index (χ2v) is 13.7. The fourth-order valence-electron chi connectivity index (χ4n) is 5.26. The van der Waals surface area contributed by atoms with Crippen molar-refractivity contribution < 1.29 is 39.5 Å². The van der Waals surface area contributed by atoms with Crippen molar-refractivity contribution in [3.63, 3.8) is 0 Å². The first kappa shape index (κ1) is 43.4. The fourth-order valence-corrected chi connectivity index (χ4v) is 5.88. The van der Waals surface area contributed by atoms with Crippen LogP contribution in [0, 0.1) is 17.8 Å². The molecule has 9 nitrogen and oxygen atoms in total. The van der Waals surface area contributed by atoms with Crippen molar-refractivity contribution in [2.45, 2.75) is 141 Å². The monoisotopic (exact) mass is 703 g/mol. The van der Waals surface area contributed by atoms with E-state index in [4.69, 9.17) is 9.84 Å². The van der Waals surface area contributed by atoms with E-state index in [1.807, 2.05) is 19.1 Å². The number of amides is 1. The average Bonchev–Trinajstić information content (AvgIpc) is 2.99. The second-order valence-electron chi connectivity index (χ2n) is 12.6. The Bertz CT molecular complexity index is 880. The minimum atomic E-state index is -1.12. The molecule has 0 aliphatic heterocycles. The molecule has 0 heterocycles. The molecule has 0 aromatic carbocycles. The molecular formula is C35H62BrNO8. The first-order chi connectivity index (χ1) is 21.3. The number of carboxylic acids is 1. The second kappa shape index (κ2) is 26.5. The van der Waals surface area contributed by atoms with E-state index in [0.717, 1.165) is 50.5 Å². The van der Waals surface area contributed by atoms with Gasteiger partial charge in [-0.1, -0.05) is 81.1 Å². The topological polar surface area (TPSA) is 153 Å². The number of Topliss-reactive ketones (excluding diaryl/α,β-unsaturated/α-hetero) is 1. The summed E-state index contributed by atoms with van der Waals surface area (Å²) in [7, 11) is 1.61. The third kappa shape index (κ3) is 22.6. The number of ether oxygens (including phenoxy) is 1. The Morgan fingerprint density at radius 2 is 1.58 bits per heavy atom. The van der Waals surface area contributed by atoms with Gasteiger partial charge in [0.1, 0.15) is 5.78 Å². The lowest BCUT2D eigenvalue weighted by atomic mass is 9.92. The van der Waals surface area contributed by atoms with Crippen LogP contribution in [0.1, 0.15) is 118 Å². The number of ketones is 1. The Morgan fingerprint density at radius 1 is 0.889 bits per heavy atom. The van der Waals surface area contributed by atoms with Crippen LogP contribution in [0.4, 0.5) is 0 Å². The summed E-state index contributed by atoms with van der Waals surface area (Å²) in [6.45, 7) is 8.34. The number of hydrogen-bond acceptors (Lipinski definition) is 7. The Labute approximate surface area is 280 Å². The van der Waals surface area contributed by atoms with Gasteiger partial charge in [-0.2, -0.15) is 0 Å². The van der Waals surface area contributed by atoms with Crippen LogP contribution in [0.2, 0.25) is 0 Å². The van der Waals surface area contributed by atoms with Gasteiger partial charge in [0.05, 0.1) is 35.7 Å². The number of unbranched alkanes of at least 4 members (excludes halogenated alkanes) is 1. The van der Waals surface area contributed by atoms with E-state index in [9.17, 15) is 29.7 Å². The molecule has 5 N–H and O–H groups in total. The van der Waals surface area contributed by atoms with Crippen molar-refractivity contribution in [2.75, 3.05) is 20.3 Å². The highest BCUT2D eigenvalue weighted by molar-refractivity contribution is 9.10. The smallest absolute Gasteiger partial charge is 0.306 e. The quantitative estimate of drug-likeness (QED) is 0.0371. The zero-order chi connectivity index (χ0) is 34.2. The van der Waals surface area contributed by atoms with Crippen LogP contribution < -0.4 is 5.32 Å². The summed E-state index contributed by atoms with van der Waals surface area (Å²) in [6.07, 6.45) is 12.7. The van der Waals surface area contributed by atoms with Crippen molar-refractivity contribution in [3.05, 3.63) is 23.8 Å². The number of methoxy groups -OCH3 is 1. The average molecular weight is 705 g/mol. The normalized spacial score (nSPS) is 17.0. The van der Waals surface area contributed by atoms with Gasteiger partial charge in [-0.3, -0.25) is 14.4 Å². The zero-order valence-electron chi connectivity index (χ0n) is 28.4. The lowest BCUT2D eigenvalue weighted by Crippen LogP contribution is -2.39. The largest absolute Gasteiger partial charge is 0.481 e. The lowest BCUT2D eigenvalue weighted by Gasteiger charge is -2.21. The van der Waals surface area contributed by atoms with Gasteiger partial charge in [0.2, 0.25) is 5.91 Å². The third-order valence-electron chi connectivity index (χ3n) is 8.24. The number of rotatable bonds is 28. The Morgan fingerprint density at radius 3 is 2.20 bits per heavy atom. The van der Waals surface area contributed by atoms with E-state index >= 15 is 0 Å². The molecule has 1 amide bonds. The lowest BCUT2D eigenvalue weighted by molar-refractivity contribution is -0.141. The minimum Gasteiger partial charge on any atom is -0.481 e. The molecule has 10 heteroatoms. The Hall–Kier alpha value is -1.59. The van der Waals surface area contributed by atoms with Crippen LogP contribution in [0.3, 0.4) is 0 Å². The predicted molar refractivity (Wildman–Crippen MR) is 183 cm³/mol. The number of nitrogens with one attached hydrogen (secondary N) is 1. The van der Waals surface area contributed by atoms with Gasteiger partial charge >= 0.3 is 5.97 Å². The molecule has 0 aromatic rings. The van der Waals surface area contributed by atoms with E-state index in [2.05, 4.69) is 41.2 Å². The number of hydrogen-bond donors (Lipinski definition) is 5. The van der Waals surface area contributed by atoms with Gasteiger partial charge in [0.25, 0.3) is 0 Å². The number of aliphatic hydroxyl groups excluding tert-OH is 3. The maximum absolute atomic E-state index is 12.3. The Balaban J connectivity index is 4.50. The zero-order valence-corrected chi connectivity index (χ0v) is 30.0. The highest BCUT2D eigenvalue weighted by Gasteiger charge is 2.22. The molecule has 0 spiro atoms. The SMILES string of the molecule is CCCC(Br)C(=O)NC[C@@H](O)C[C@H](O)[C@H](O)CC/C(=C/C=C/[C@H](CC)CCCC(=O)CCCC[C@@H](C)C[C@H](C)C(=O)O)COC. The van der Waals surface area contributed by atoms with Gasteiger partial charge < -0.3 is 30.5 Å². The maximum atomic E-state index is 12.3. The fraction of sp³-hybridized carbons (Fsp3) is 0.800. The minimum absolute atomic E-state index is 0.0111. The van der Waals surface area contributed by atoms with Gasteiger partial charge in [-0.05, 0) is 68.8 Å². The first-order valence-electron chi connectivity index (χ1n) is 16.9. The van der Waals surface area contributed by atoms with Crippen molar-refractivity contribution in [1.82, 2.24) is 5.32 Å². The van der Waals surface area contributed by atoms with E-state index in [0.29, 0.717) is 62.8 Å². The highest BCUT2D eigenvalue weighted by Crippen LogP contribution is 2.20. The number of carboxylic acid groups (broad SMARTS) is 1. The molecular weight excluding hydrogens is 642 g/mol. The highest BCUT2D eigenvalue weighted by atomic mass is 79.9. The molecule has 262 valence electrons. The van der Waals surface area contributed by atoms with Gasteiger partial charge in [0.15, 0.2) is 0 Å². The predicted octanol–water partition coefficient (Wildman–Crippen LogP) is 6.12. The number of carbonyl (C=O) groups excluding carboxylic acids is 2. The van der Waals surface area contributed by atoms with Crippen LogP contribution in [-0.2, 0) is 19.1 Å². The van der Waals surface area contributed by atoms with E-state index in [-0.39, 0.29) is 29.6 Å². The Kier molecular flexibility index (Phi) is 25.5. The summed E-state index contributed by atoms with van der Waals surface area (Å²) >= 11 is 3.31. The van der Waals surface area contributed by atoms with Gasteiger partial charge in [0, 0.05) is 32.9 Å². The van der Waals surface area contributed by atoms with Crippen molar-refractivity contribution in [1.29, 1.82) is 0 Å². The van der Waals surface area contributed by atoms with Gasteiger partial charge in [-0.15, -0.1) is 0 Å². The standard InChI is InChI=1S/C35H62BrNO8/c1-6-12-31(36)34(42)37-23-30(39)22-33(41)32(40)20-19-28(24-45-5)16-10-14-27(7-2)15-11-18-29(38)17-9-8-13-25(3)21-26(4)35(43)44/h10,14,16,25-27,30-33,39-41H,6-9,11-13,15,17-24H2,1-5H3,(H,37,42)(H,43,44)/b14-10+,28-16-/t25-,26+,27+,30+,31?,32-,33+/m1/s1. The number of alkyl halides is 1. The molecule has 0 bridgehead atoms. The summed E-state index contributed by atoms with van der Waals surface area (Å²) in [5.41, 5.74) is 0.976. The summed E-state index contributed by atoms with van der Waals surface area (Å²) in [5.74, 6) is -0.284. The van der Waals surface area contributed by atoms with E-state index in [1.54, 1.807) is 14.0 Å². The van der Waals surface area contributed by atoms with Crippen LogP contribution >= 0.6 is 15.9 Å². The molecule has 0 aliphatic carbocycles. The van der Waals surface area contributed by atoms with E-state index < -0.39 is 24.3 Å². The molecule has 0 radical (unpaired) electrons. The summed E-state index contributed by atoms with van der Waals surface area (Å²) in [5, 5.41) is 42.8. The molecule has 1 unspecified atom stereocenters. The third-order valence-corrected chi connectivity index (χ3v) is 9.11. The molecule has 7 atom stereocenters. The molecule has 0 fully saturated rings. The molecule has 0 rings (SSSR count). The van der Waals surface area contributed by atoms with Crippen LogP contribution in [-0.4, -0.2) is 81.5 Å². The van der Waals surface area contributed by atoms with Crippen LogP contribution in [0.25, 0.3) is 0 Å². The van der Waals surface area contributed by atoms with Crippen molar-refractivity contribution in [2.24, 2.45) is 17.8 Å². The van der Waals surface area contributed by atoms with Crippen LogP contribution in [0.5, 0.6) is 0 Å². The van der Waals surface area contributed by atoms with Crippen LogP contribution in [0.15, 0.2) is 23.8 Å². The molecule has 0 aromatic heterocycles. The number of allylic oxidation sites excluding steroid dienone is 3. The summed E-state index contributed by atoms with van der Waals surface area (Å²) < 4.78 is 5.32. The van der Waals surface area contributed by atoms with Crippen molar-refractivity contribution >= 4 is 33.6 Å².